The molecule has 0 saturated carbocycles. The minimum absolute atomic E-state index is 0. The van der Waals surface area contributed by atoms with Crippen LogP contribution in [0.5, 0.6) is 0 Å². The van der Waals surface area contributed by atoms with Crippen molar-refractivity contribution in [2.75, 3.05) is 18.0 Å². The number of amides is 2. The maximum Gasteiger partial charge on any atom is 0.271 e. The molecule has 3 rings (SSSR count). The van der Waals surface area contributed by atoms with E-state index in [1.165, 1.54) is 11.3 Å². The van der Waals surface area contributed by atoms with Gasteiger partial charge in [0.1, 0.15) is 11.7 Å². The summed E-state index contributed by atoms with van der Waals surface area (Å²) in [5.41, 5.74) is 6.72. The van der Waals surface area contributed by atoms with Gasteiger partial charge in [-0.1, -0.05) is 18.2 Å². The Bertz CT molecular complexity index is 722. The second kappa shape index (κ2) is 8.94. The van der Waals surface area contributed by atoms with Crippen molar-refractivity contribution in [3.05, 3.63) is 46.4 Å². The van der Waals surface area contributed by atoms with E-state index in [0.29, 0.717) is 31.6 Å². The molecule has 6 nitrogen and oxygen atoms in total. The molecule has 1 atom stereocenters. The smallest absolute Gasteiger partial charge is 0.271 e. The Morgan fingerprint density at radius 1 is 1.36 bits per heavy atom. The van der Waals surface area contributed by atoms with Gasteiger partial charge in [-0.2, -0.15) is 0 Å². The predicted molar refractivity (Wildman–Crippen MR) is 101 cm³/mol. The van der Waals surface area contributed by atoms with E-state index in [-0.39, 0.29) is 24.2 Å². The highest BCUT2D eigenvalue weighted by atomic mass is 35.5. The lowest BCUT2D eigenvalue weighted by Crippen LogP contribution is -2.52. The molecule has 8 heteroatoms. The van der Waals surface area contributed by atoms with Crippen molar-refractivity contribution >= 4 is 41.2 Å². The third kappa shape index (κ3) is 4.56. The highest BCUT2D eigenvalue weighted by Crippen LogP contribution is 2.21. The lowest BCUT2D eigenvalue weighted by molar-refractivity contribution is -0.121. The monoisotopic (exact) mass is 380 g/mol. The van der Waals surface area contributed by atoms with Crippen molar-refractivity contribution in [1.82, 2.24) is 10.3 Å². The maximum absolute atomic E-state index is 12.7. The average molecular weight is 381 g/mol. The highest BCUT2D eigenvalue weighted by molar-refractivity contribution is 7.09. The van der Waals surface area contributed by atoms with Crippen molar-refractivity contribution in [3.8, 4) is 0 Å². The lowest BCUT2D eigenvalue weighted by atomic mass is 10.0. The molecule has 1 aromatic carbocycles. The molecule has 0 radical (unpaired) electrons. The Morgan fingerprint density at radius 3 is 2.84 bits per heavy atom. The van der Waals surface area contributed by atoms with E-state index in [9.17, 15) is 9.59 Å². The van der Waals surface area contributed by atoms with Crippen molar-refractivity contribution in [3.63, 3.8) is 0 Å². The molecule has 25 heavy (non-hydrogen) atoms. The molecule has 1 aromatic heterocycles. The second-order valence-corrected chi connectivity index (χ2v) is 6.60. The van der Waals surface area contributed by atoms with Gasteiger partial charge in [0.05, 0.1) is 5.01 Å². The van der Waals surface area contributed by atoms with Gasteiger partial charge < -0.3 is 16.0 Å². The Kier molecular flexibility index (Phi) is 6.92. The third-order valence-electron chi connectivity index (χ3n) is 3.95. The van der Waals surface area contributed by atoms with Crippen molar-refractivity contribution in [1.29, 1.82) is 0 Å². The largest absolute Gasteiger partial charge is 0.339 e. The van der Waals surface area contributed by atoms with E-state index >= 15 is 0 Å². The maximum atomic E-state index is 12.7. The normalized spacial score (nSPS) is 17.1. The summed E-state index contributed by atoms with van der Waals surface area (Å²) in [6.07, 6.45) is 2.15. The van der Waals surface area contributed by atoms with Gasteiger partial charge in [0.15, 0.2) is 0 Å². The number of hydrogen-bond donors (Lipinski definition) is 2. The zero-order valence-corrected chi connectivity index (χ0v) is 15.3. The average Bonchev–Trinajstić information content (AvgIpc) is 3.07. The van der Waals surface area contributed by atoms with E-state index < -0.39 is 6.04 Å². The molecule has 2 amide bonds. The number of aromatic nitrogens is 1. The molecule has 134 valence electrons. The van der Waals surface area contributed by atoms with Crippen LogP contribution in [0, 0.1) is 0 Å². The van der Waals surface area contributed by atoms with Crippen LogP contribution >= 0.6 is 23.7 Å². The molecule has 3 N–H and O–H groups in total. The Labute approximate surface area is 156 Å². The Morgan fingerprint density at radius 2 is 2.12 bits per heavy atom. The molecule has 1 aliphatic rings. The number of benzene rings is 1. The van der Waals surface area contributed by atoms with Gasteiger partial charge in [0.2, 0.25) is 5.91 Å². The molecular formula is C17H21ClN4O2S. The number of carbonyl (C=O) groups is 2. The molecule has 0 spiro atoms. The quantitative estimate of drug-likeness (QED) is 0.830. The van der Waals surface area contributed by atoms with Gasteiger partial charge in [0, 0.05) is 24.0 Å². The summed E-state index contributed by atoms with van der Waals surface area (Å²) in [6, 6.07) is 9.02. The molecule has 1 aliphatic heterocycles. The minimum atomic E-state index is -0.508. The fourth-order valence-electron chi connectivity index (χ4n) is 2.76. The summed E-state index contributed by atoms with van der Waals surface area (Å²) in [5.74, 6) is -0.374. The van der Waals surface area contributed by atoms with Crippen molar-refractivity contribution < 1.29 is 9.59 Å². The lowest BCUT2D eigenvalue weighted by Gasteiger charge is -2.32. The molecule has 2 heterocycles. The van der Waals surface area contributed by atoms with Gasteiger partial charge in [-0.25, -0.2) is 4.98 Å². The van der Waals surface area contributed by atoms with Crippen LogP contribution in [0.4, 0.5) is 5.69 Å². The first-order chi connectivity index (χ1) is 11.7. The number of halogens is 1. The molecule has 2 aromatic rings. The standard InChI is InChI=1S/C17H20N4O2S.ClH/c18-9-8-15-19-14(11-24-15)16(22)20-13-7-4-10-21(17(13)23)12-5-2-1-3-6-12;/h1-3,5-6,11,13H,4,7-10,18H2,(H,20,22);1H. The van der Waals surface area contributed by atoms with Crippen LogP contribution in [0.25, 0.3) is 0 Å². The number of piperidine rings is 1. The van der Waals surface area contributed by atoms with Crippen LogP contribution in [-0.4, -0.2) is 35.9 Å². The number of anilines is 1. The van der Waals surface area contributed by atoms with E-state index in [4.69, 9.17) is 5.73 Å². The van der Waals surface area contributed by atoms with Crippen LogP contribution < -0.4 is 16.0 Å². The first-order valence-corrected chi connectivity index (χ1v) is 8.89. The van der Waals surface area contributed by atoms with Crippen LogP contribution in [0.1, 0.15) is 28.3 Å². The summed E-state index contributed by atoms with van der Waals surface area (Å²) in [5, 5.41) is 5.37. The highest BCUT2D eigenvalue weighted by Gasteiger charge is 2.31. The third-order valence-corrected chi connectivity index (χ3v) is 4.86. The predicted octanol–water partition coefficient (Wildman–Crippen LogP) is 1.99. The van der Waals surface area contributed by atoms with Gasteiger partial charge >= 0.3 is 0 Å². The minimum Gasteiger partial charge on any atom is -0.339 e. The Hall–Kier alpha value is -1.96. The van der Waals surface area contributed by atoms with Crippen LogP contribution in [0.3, 0.4) is 0 Å². The molecule has 0 bridgehead atoms. The van der Waals surface area contributed by atoms with Gasteiger partial charge in [-0.05, 0) is 31.5 Å². The van der Waals surface area contributed by atoms with Gasteiger partial charge in [-0.3, -0.25) is 9.59 Å². The van der Waals surface area contributed by atoms with E-state index in [1.54, 1.807) is 10.3 Å². The summed E-state index contributed by atoms with van der Waals surface area (Å²) in [4.78, 5) is 31.0. The summed E-state index contributed by atoms with van der Waals surface area (Å²) < 4.78 is 0. The van der Waals surface area contributed by atoms with Crippen LogP contribution in [0.2, 0.25) is 0 Å². The number of nitrogens with zero attached hydrogens (tertiary/aromatic N) is 2. The van der Waals surface area contributed by atoms with Gasteiger partial charge in [0.25, 0.3) is 5.91 Å². The second-order valence-electron chi connectivity index (χ2n) is 5.66. The Balaban J connectivity index is 0.00000225. The molecule has 0 aliphatic carbocycles. The SMILES string of the molecule is Cl.NCCc1nc(C(=O)NC2CCCN(c3ccccc3)C2=O)cs1. The van der Waals surface area contributed by atoms with Gasteiger partial charge in [-0.15, -0.1) is 23.7 Å². The first-order valence-electron chi connectivity index (χ1n) is 8.01. The number of thiazole rings is 1. The summed E-state index contributed by atoms with van der Waals surface area (Å²) in [7, 11) is 0. The fourth-order valence-corrected chi connectivity index (χ4v) is 3.55. The summed E-state index contributed by atoms with van der Waals surface area (Å²) >= 11 is 1.42. The number of para-hydroxylation sites is 1. The van der Waals surface area contributed by atoms with Crippen LogP contribution in [0.15, 0.2) is 35.7 Å². The number of rotatable bonds is 5. The molecule has 1 unspecified atom stereocenters. The van der Waals surface area contributed by atoms with Crippen LogP contribution in [-0.2, 0) is 11.2 Å². The topological polar surface area (TPSA) is 88.3 Å². The number of hydrogen-bond acceptors (Lipinski definition) is 5. The molecular weight excluding hydrogens is 360 g/mol. The number of nitrogens with two attached hydrogens (primary N) is 1. The number of carbonyl (C=O) groups excluding carboxylic acids is 2. The van der Waals surface area contributed by atoms with E-state index in [2.05, 4.69) is 10.3 Å². The fraction of sp³-hybridized carbons (Fsp3) is 0.353. The van der Waals surface area contributed by atoms with Crippen molar-refractivity contribution in [2.24, 2.45) is 5.73 Å². The van der Waals surface area contributed by atoms with E-state index in [1.807, 2.05) is 30.3 Å². The molecule has 1 saturated heterocycles. The number of nitrogens with one attached hydrogen (secondary N) is 1. The zero-order valence-electron chi connectivity index (χ0n) is 13.7. The first kappa shape index (κ1) is 19.4. The van der Waals surface area contributed by atoms with Crippen molar-refractivity contribution in [2.45, 2.75) is 25.3 Å². The van der Waals surface area contributed by atoms with E-state index in [0.717, 1.165) is 17.1 Å². The zero-order chi connectivity index (χ0) is 16.9. The molecule has 1 fully saturated rings. The summed E-state index contributed by atoms with van der Waals surface area (Å²) in [6.45, 7) is 1.17.